The number of nitrogens with one attached hydrogen (secondary N) is 3. The first-order valence-corrected chi connectivity index (χ1v) is 8.70. The zero-order valence-corrected chi connectivity index (χ0v) is 14.9. The molecule has 7 nitrogen and oxygen atoms in total. The highest BCUT2D eigenvalue weighted by molar-refractivity contribution is 5.97. The molecule has 1 atom stereocenters. The number of hydrogen-bond acceptors (Lipinski definition) is 3. The first kappa shape index (κ1) is 20.0. The summed E-state index contributed by atoms with van der Waals surface area (Å²) in [4.78, 5) is 35.2. The van der Waals surface area contributed by atoms with Crippen LogP contribution in [-0.2, 0) is 16.0 Å². The zero-order valence-electron chi connectivity index (χ0n) is 14.9. The standard InChI is InChI=1S/C20H23N3O4/c24-18(25)12-7-13-21-20(27)23-17(14-15-8-3-1-4-9-15)19(26)22-16-10-5-2-6-11-16/h1-6,8-11,17H,7,12-14H2,(H,22,26)(H,24,25)(H2,21,23,27). The van der Waals surface area contributed by atoms with Gasteiger partial charge in [-0.3, -0.25) is 9.59 Å². The number of anilines is 1. The van der Waals surface area contributed by atoms with Gasteiger partial charge in [0.2, 0.25) is 5.91 Å². The van der Waals surface area contributed by atoms with Crippen LogP contribution in [0.1, 0.15) is 18.4 Å². The third-order valence-corrected chi connectivity index (χ3v) is 3.80. The molecule has 3 amide bonds. The Morgan fingerprint density at radius 3 is 2.19 bits per heavy atom. The van der Waals surface area contributed by atoms with Crippen LogP contribution >= 0.6 is 0 Å². The Hall–Kier alpha value is -3.35. The molecule has 0 bridgehead atoms. The van der Waals surface area contributed by atoms with E-state index in [9.17, 15) is 14.4 Å². The predicted molar refractivity (Wildman–Crippen MR) is 102 cm³/mol. The number of aliphatic carboxylic acids is 1. The van der Waals surface area contributed by atoms with E-state index in [0.717, 1.165) is 5.56 Å². The number of carbonyl (C=O) groups excluding carboxylic acids is 2. The molecule has 1 unspecified atom stereocenters. The van der Waals surface area contributed by atoms with Gasteiger partial charge in [0.05, 0.1) is 0 Å². The van der Waals surface area contributed by atoms with E-state index >= 15 is 0 Å². The van der Waals surface area contributed by atoms with E-state index in [1.54, 1.807) is 12.1 Å². The van der Waals surface area contributed by atoms with E-state index < -0.39 is 18.0 Å². The van der Waals surface area contributed by atoms with Crippen LogP contribution in [0.4, 0.5) is 10.5 Å². The third kappa shape index (κ3) is 7.60. The highest BCUT2D eigenvalue weighted by Crippen LogP contribution is 2.09. The van der Waals surface area contributed by atoms with Crippen LogP contribution in [-0.4, -0.2) is 35.6 Å². The van der Waals surface area contributed by atoms with E-state index in [4.69, 9.17) is 5.11 Å². The second kappa shape index (κ2) is 10.6. The molecule has 142 valence electrons. The molecule has 2 aromatic rings. The monoisotopic (exact) mass is 369 g/mol. The van der Waals surface area contributed by atoms with Gasteiger partial charge >= 0.3 is 12.0 Å². The Labute approximate surface area is 157 Å². The fourth-order valence-corrected chi connectivity index (χ4v) is 2.46. The van der Waals surface area contributed by atoms with Crippen molar-refractivity contribution >= 4 is 23.6 Å². The maximum absolute atomic E-state index is 12.6. The fourth-order valence-electron chi connectivity index (χ4n) is 2.46. The van der Waals surface area contributed by atoms with Crippen molar-refractivity contribution in [1.29, 1.82) is 0 Å². The second-order valence-electron chi connectivity index (χ2n) is 6.00. The molecule has 4 N–H and O–H groups in total. The quantitative estimate of drug-likeness (QED) is 0.509. The van der Waals surface area contributed by atoms with Gasteiger partial charge in [-0.1, -0.05) is 48.5 Å². The van der Waals surface area contributed by atoms with Crippen LogP contribution in [0, 0.1) is 0 Å². The molecule has 0 spiro atoms. The van der Waals surface area contributed by atoms with Crippen LogP contribution in [0.3, 0.4) is 0 Å². The maximum atomic E-state index is 12.6. The van der Waals surface area contributed by atoms with Gasteiger partial charge in [0, 0.05) is 25.1 Å². The summed E-state index contributed by atoms with van der Waals surface area (Å²) in [5.41, 5.74) is 1.56. The molecule has 0 radical (unpaired) electrons. The topological polar surface area (TPSA) is 108 Å². The number of carboxylic acids is 1. The zero-order chi connectivity index (χ0) is 19.5. The lowest BCUT2D eigenvalue weighted by Crippen LogP contribution is -2.49. The van der Waals surface area contributed by atoms with Crippen molar-refractivity contribution in [1.82, 2.24) is 10.6 Å². The number of amides is 3. The van der Waals surface area contributed by atoms with Crippen molar-refractivity contribution in [2.24, 2.45) is 0 Å². The van der Waals surface area contributed by atoms with Crippen molar-refractivity contribution in [2.45, 2.75) is 25.3 Å². The minimum atomic E-state index is -0.915. The van der Waals surface area contributed by atoms with Crippen LogP contribution in [0.2, 0.25) is 0 Å². The molecule has 0 saturated heterocycles. The summed E-state index contributed by atoms with van der Waals surface area (Å²) in [6.07, 6.45) is 0.632. The van der Waals surface area contributed by atoms with Gasteiger partial charge in [-0.05, 0) is 24.1 Å². The summed E-state index contributed by atoms with van der Waals surface area (Å²) >= 11 is 0. The van der Waals surface area contributed by atoms with Gasteiger partial charge in [-0.25, -0.2) is 4.79 Å². The summed E-state index contributed by atoms with van der Waals surface area (Å²) in [6.45, 7) is 0.219. The number of carbonyl (C=O) groups is 3. The first-order valence-electron chi connectivity index (χ1n) is 8.70. The number of rotatable bonds is 9. The molecule has 2 rings (SSSR count). The Balaban J connectivity index is 1.97. The molecule has 27 heavy (non-hydrogen) atoms. The number of para-hydroxylation sites is 1. The molecular formula is C20H23N3O4. The molecule has 0 heterocycles. The van der Waals surface area contributed by atoms with Gasteiger partial charge in [0.15, 0.2) is 0 Å². The minimum absolute atomic E-state index is 0.0256. The molecule has 7 heteroatoms. The molecule has 0 aliphatic rings. The average Bonchev–Trinajstić information content (AvgIpc) is 2.66. The van der Waals surface area contributed by atoms with Gasteiger partial charge < -0.3 is 21.1 Å². The lowest BCUT2D eigenvalue weighted by Gasteiger charge is -2.19. The third-order valence-electron chi connectivity index (χ3n) is 3.80. The predicted octanol–water partition coefficient (Wildman–Crippen LogP) is 2.40. The van der Waals surface area contributed by atoms with E-state index in [0.29, 0.717) is 18.5 Å². The Morgan fingerprint density at radius 1 is 0.926 bits per heavy atom. The lowest BCUT2D eigenvalue weighted by atomic mass is 10.1. The molecule has 2 aromatic carbocycles. The maximum Gasteiger partial charge on any atom is 0.315 e. The smallest absolute Gasteiger partial charge is 0.315 e. The largest absolute Gasteiger partial charge is 0.481 e. The minimum Gasteiger partial charge on any atom is -0.481 e. The number of hydrogen-bond donors (Lipinski definition) is 4. The Morgan fingerprint density at radius 2 is 1.56 bits per heavy atom. The Bertz CT molecular complexity index is 750. The lowest BCUT2D eigenvalue weighted by molar-refractivity contribution is -0.137. The number of urea groups is 1. The summed E-state index contributed by atoms with van der Waals surface area (Å²) in [5, 5.41) is 16.7. The van der Waals surface area contributed by atoms with E-state index in [1.165, 1.54) is 0 Å². The van der Waals surface area contributed by atoms with Gasteiger partial charge in [0.25, 0.3) is 0 Å². The summed E-state index contributed by atoms with van der Waals surface area (Å²) in [6, 6.07) is 17.1. The Kier molecular flexibility index (Phi) is 7.84. The fraction of sp³-hybridized carbons (Fsp3) is 0.250. The SMILES string of the molecule is O=C(O)CCCNC(=O)NC(Cc1ccccc1)C(=O)Nc1ccccc1. The highest BCUT2D eigenvalue weighted by Gasteiger charge is 2.21. The molecule has 0 aliphatic heterocycles. The second-order valence-corrected chi connectivity index (χ2v) is 6.00. The summed E-state index contributed by atoms with van der Waals surface area (Å²) in [5.74, 6) is -1.24. The highest BCUT2D eigenvalue weighted by atomic mass is 16.4. The number of carboxylic acid groups (broad SMARTS) is 1. The molecule has 0 fully saturated rings. The van der Waals surface area contributed by atoms with Crippen molar-refractivity contribution in [2.75, 3.05) is 11.9 Å². The van der Waals surface area contributed by atoms with Crippen molar-refractivity contribution in [3.63, 3.8) is 0 Å². The molecule has 0 saturated carbocycles. The normalized spacial score (nSPS) is 11.3. The average molecular weight is 369 g/mol. The van der Waals surface area contributed by atoms with E-state index in [1.807, 2.05) is 48.5 Å². The van der Waals surface area contributed by atoms with Crippen molar-refractivity contribution < 1.29 is 19.5 Å². The van der Waals surface area contributed by atoms with Crippen LogP contribution in [0.25, 0.3) is 0 Å². The van der Waals surface area contributed by atoms with Gasteiger partial charge in [-0.2, -0.15) is 0 Å². The molecular weight excluding hydrogens is 346 g/mol. The molecule has 0 aromatic heterocycles. The van der Waals surface area contributed by atoms with Crippen LogP contribution in [0.5, 0.6) is 0 Å². The van der Waals surface area contributed by atoms with Crippen molar-refractivity contribution in [3.05, 3.63) is 66.2 Å². The summed E-state index contributed by atoms with van der Waals surface area (Å²) in [7, 11) is 0. The molecule has 0 aliphatic carbocycles. The first-order chi connectivity index (χ1) is 13.0. The van der Waals surface area contributed by atoms with E-state index in [2.05, 4.69) is 16.0 Å². The van der Waals surface area contributed by atoms with Crippen LogP contribution in [0.15, 0.2) is 60.7 Å². The van der Waals surface area contributed by atoms with Gasteiger partial charge in [-0.15, -0.1) is 0 Å². The van der Waals surface area contributed by atoms with Crippen molar-refractivity contribution in [3.8, 4) is 0 Å². The van der Waals surface area contributed by atoms with E-state index in [-0.39, 0.29) is 18.9 Å². The summed E-state index contributed by atoms with van der Waals surface area (Å²) < 4.78 is 0. The number of benzene rings is 2. The van der Waals surface area contributed by atoms with Crippen LogP contribution < -0.4 is 16.0 Å². The van der Waals surface area contributed by atoms with Gasteiger partial charge in [0.1, 0.15) is 6.04 Å².